The molecular weight excluding hydrogens is 158 g/mol. The second kappa shape index (κ2) is 2.84. The summed E-state index contributed by atoms with van der Waals surface area (Å²) in [6, 6.07) is 0. The average Bonchev–Trinajstić information content (AvgIpc) is 2.28. The van der Waals surface area contributed by atoms with Gasteiger partial charge < -0.3 is 10.8 Å². The quantitative estimate of drug-likeness (QED) is 0.547. The molecule has 0 aromatic carbocycles. The van der Waals surface area contributed by atoms with Crippen molar-refractivity contribution < 1.29 is 14.5 Å². The van der Waals surface area contributed by atoms with Crippen LogP contribution in [0.3, 0.4) is 0 Å². The molecule has 1 aromatic heterocycles. The first-order chi connectivity index (χ1) is 5.57. The van der Waals surface area contributed by atoms with E-state index in [9.17, 15) is 9.90 Å². The Labute approximate surface area is 70.0 Å². The molecule has 5 heteroatoms. The lowest BCUT2D eigenvalue weighted by Gasteiger charge is -2.00. The van der Waals surface area contributed by atoms with E-state index >= 15 is 0 Å². The number of aryl methyl sites for hydroxylation is 2. The minimum atomic E-state index is -0.678. The van der Waals surface area contributed by atoms with E-state index in [-0.39, 0.29) is 11.6 Å². The number of hydrogen-bond acceptors (Lipinski definition) is 2. The molecule has 0 bridgehead atoms. The molecule has 1 rings (SSSR count). The zero-order chi connectivity index (χ0) is 9.30. The molecule has 0 saturated heterocycles. The van der Waals surface area contributed by atoms with Crippen LogP contribution in [0.4, 0.5) is 0 Å². The Morgan fingerprint density at radius 1 is 1.83 bits per heavy atom. The number of carbonyl (C=O) groups is 1. The van der Waals surface area contributed by atoms with Gasteiger partial charge in [-0.2, -0.15) is 0 Å². The van der Waals surface area contributed by atoms with Crippen LogP contribution in [0.15, 0.2) is 6.33 Å². The number of primary amides is 1. The van der Waals surface area contributed by atoms with Gasteiger partial charge in [-0.1, -0.05) is 0 Å². The second-order valence-corrected chi connectivity index (χ2v) is 2.53. The zero-order valence-electron chi connectivity index (χ0n) is 7.07. The number of nitrogens with two attached hydrogens (primary N) is 1. The van der Waals surface area contributed by atoms with Gasteiger partial charge in [-0.05, 0) is 6.92 Å². The van der Waals surface area contributed by atoms with Crippen LogP contribution in [0, 0.1) is 0 Å². The molecule has 0 radical (unpaired) electrons. The monoisotopic (exact) mass is 169 g/mol. The number of amides is 1. The highest BCUT2D eigenvalue weighted by molar-refractivity contribution is 5.92. The summed E-state index contributed by atoms with van der Waals surface area (Å²) in [5, 5.41) is 11.2. The minimum absolute atomic E-state index is 0.0417. The third kappa shape index (κ3) is 1.13. The maximum Gasteiger partial charge on any atom is 0.291 e. The smallest absolute Gasteiger partial charge is 0.291 e. The van der Waals surface area contributed by atoms with Crippen LogP contribution in [0.25, 0.3) is 0 Å². The average molecular weight is 169 g/mol. The van der Waals surface area contributed by atoms with Crippen molar-refractivity contribution in [3.63, 3.8) is 0 Å². The van der Waals surface area contributed by atoms with Gasteiger partial charge in [0, 0.05) is 0 Å². The van der Waals surface area contributed by atoms with Gasteiger partial charge in [-0.3, -0.25) is 4.79 Å². The lowest BCUT2D eigenvalue weighted by molar-refractivity contribution is -0.712. The van der Waals surface area contributed by atoms with Gasteiger partial charge in [0.05, 0.1) is 13.6 Å². The van der Waals surface area contributed by atoms with Gasteiger partial charge in [0.25, 0.3) is 5.91 Å². The van der Waals surface area contributed by atoms with Gasteiger partial charge in [-0.25, -0.2) is 9.13 Å². The number of carbonyl (C=O) groups excluding carboxylic acids is 1. The van der Waals surface area contributed by atoms with Crippen molar-refractivity contribution in [1.82, 2.24) is 4.57 Å². The Balaban J connectivity index is 3.31. The van der Waals surface area contributed by atoms with Crippen LogP contribution in [-0.4, -0.2) is 10.5 Å². The van der Waals surface area contributed by atoms with Gasteiger partial charge in [-0.15, -0.1) is 0 Å². The van der Waals surface area contributed by atoms with E-state index < -0.39 is 5.91 Å². The summed E-state index contributed by atoms with van der Waals surface area (Å²) in [7, 11) is 1.58. The van der Waals surface area contributed by atoms with Crippen molar-refractivity contribution >= 4 is 5.91 Å². The van der Waals surface area contributed by atoms with E-state index in [1.807, 2.05) is 6.92 Å². The van der Waals surface area contributed by atoms with E-state index in [4.69, 9.17) is 5.73 Å². The standard InChI is InChI=1S/C7H11N3O2/c1-3-10-4-9(2)7(12)5(10)6(8)11/h4H,3H2,1-2H3,(H2-,8,11,12). The van der Waals surface area contributed by atoms with Gasteiger partial charge in [0.2, 0.25) is 12.0 Å². The molecular formula is C7H11N3O2. The van der Waals surface area contributed by atoms with Crippen LogP contribution >= 0.6 is 0 Å². The summed E-state index contributed by atoms with van der Waals surface area (Å²) in [6.07, 6.45) is 1.56. The molecule has 0 unspecified atom stereocenters. The number of hydrogen-bond donors (Lipinski definition) is 1. The van der Waals surface area contributed by atoms with Gasteiger partial charge in [0.15, 0.2) is 0 Å². The molecule has 1 amide bonds. The van der Waals surface area contributed by atoms with E-state index in [0.29, 0.717) is 6.54 Å². The van der Waals surface area contributed by atoms with Crippen LogP contribution in [0.1, 0.15) is 17.4 Å². The molecule has 66 valence electrons. The number of aromatic nitrogens is 2. The summed E-state index contributed by atoms with van der Waals surface area (Å²) >= 11 is 0. The third-order valence-electron chi connectivity index (χ3n) is 1.70. The summed E-state index contributed by atoms with van der Waals surface area (Å²) in [4.78, 5) is 10.8. The van der Waals surface area contributed by atoms with Gasteiger partial charge in [0.1, 0.15) is 5.88 Å². The third-order valence-corrected chi connectivity index (χ3v) is 1.70. The van der Waals surface area contributed by atoms with E-state index in [2.05, 4.69) is 0 Å². The molecule has 0 aliphatic carbocycles. The molecule has 1 heterocycles. The highest BCUT2D eigenvalue weighted by Crippen LogP contribution is 2.07. The fourth-order valence-electron chi connectivity index (χ4n) is 1.10. The maximum atomic E-state index is 11.2. The number of rotatable bonds is 2. The summed E-state index contributed by atoms with van der Waals surface area (Å²) in [5.41, 5.74) is 5.07. The van der Waals surface area contributed by atoms with Crippen molar-refractivity contribution in [1.29, 1.82) is 0 Å². The first-order valence-electron chi connectivity index (χ1n) is 3.63. The van der Waals surface area contributed by atoms with Crippen LogP contribution in [0.2, 0.25) is 0 Å². The highest BCUT2D eigenvalue weighted by Gasteiger charge is 2.17. The molecule has 0 aliphatic rings. The van der Waals surface area contributed by atoms with Crippen LogP contribution in [0.5, 0.6) is 5.88 Å². The Morgan fingerprint density at radius 3 is 2.75 bits per heavy atom. The molecule has 0 spiro atoms. The highest BCUT2D eigenvalue weighted by atomic mass is 16.3. The molecule has 2 N–H and O–H groups in total. The van der Waals surface area contributed by atoms with Crippen LogP contribution < -0.4 is 15.4 Å². The van der Waals surface area contributed by atoms with Crippen molar-refractivity contribution in [3.8, 4) is 5.88 Å². The fourth-order valence-corrected chi connectivity index (χ4v) is 1.10. The van der Waals surface area contributed by atoms with Crippen molar-refractivity contribution in [2.24, 2.45) is 12.8 Å². The molecule has 0 saturated carbocycles. The number of imidazole rings is 1. The lowest BCUT2D eigenvalue weighted by atomic mass is 10.4. The Bertz CT molecular complexity index is 317. The molecule has 5 nitrogen and oxygen atoms in total. The van der Waals surface area contributed by atoms with Crippen molar-refractivity contribution in [2.45, 2.75) is 13.5 Å². The molecule has 0 aliphatic heterocycles. The van der Waals surface area contributed by atoms with E-state index in [1.54, 1.807) is 13.4 Å². The molecule has 0 atom stereocenters. The minimum Gasteiger partial charge on any atom is -0.839 e. The first kappa shape index (κ1) is 8.58. The molecule has 12 heavy (non-hydrogen) atoms. The summed E-state index contributed by atoms with van der Waals surface area (Å²) in [6.45, 7) is 2.40. The van der Waals surface area contributed by atoms with E-state index in [0.717, 1.165) is 0 Å². The fraction of sp³-hybridized carbons (Fsp3) is 0.429. The first-order valence-corrected chi connectivity index (χ1v) is 3.63. The summed E-state index contributed by atoms with van der Waals surface area (Å²) in [5.74, 6) is -1.02. The molecule has 1 aromatic rings. The van der Waals surface area contributed by atoms with Crippen LogP contribution in [-0.2, 0) is 13.6 Å². The SMILES string of the molecule is CCn1c[n+](C)c([O-])c1C(N)=O. The largest absolute Gasteiger partial charge is 0.839 e. The molecule has 0 fully saturated rings. The predicted molar refractivity (Wildman–Crippen MR) is 39.2 cm³/mol. The van der Waals surface area contributed by atoms with Crippen molar-refractivity contribution in [2.75, 3.05) is 0 Å². The maximum absolute atomic E-state index is 11.2. The topological polar surface area (TPSA) is 75.0 Å². The Morgan fingerprint density at radius 2 is 2.42 bits per heavy atom. The normalized spacial score (nSPS) is 10.2. The Kier molecular flexibility index (Phi) is 2.03. The van der Waals surface area contributed by atoms with E-state index in [1.165, 1.54) is 9.13 Å². The number of nitrogens with zero attached hydrogens (tertiary/aromatic N) is 2. The second-order valence-electron chi connectivity index (χ2n) is 2.53. The predicted octanol–water partition coefficient (Wildman–Crippen LogP) is -1.49. The summed E-state index contributed by atoms with van der Waals surface area (Å²) < 4.78 is 2.87. The zero-order valence-corrected chi connectivity index (χ0v) is 7.07. The Hall–Kier alpha value is -1.52. The van der Waals surface area contributed by atoms with Crippen molar-refractivity contribution in [3.05, 3.63) is 12.0 Å². The lowest BCUT2D eigenvalue weighted by Crippen LogP contribution is -2.30. The van der Waals surface area contributed by atoms with Gasteiger partial charge >= 0.3 is 0 Å².